The number of benzene rings is 3. The first-order valence-electron chi connectivity index (χ1n) is 9.15. The number of hydrogen-bond acceptors (Lipinski definition) is 5. The van der Waals surface area contributed by atoms with Gasteiger partial charge in [-0.2, -0.15) is 0 Å². The van der Waals surface area contributed by atoms with Crippen LogP contribution in [-0.2, 0) is 7.05 Å². The third-order valence-corrected chi connectivity index (χ3v) is 5.87. The standard InChI is InChI=1S/C22H17N5OS/c1-13-3-9-17-20(11-13)29-22(24-17)14-4-7-16(8-5-14)23-21(28)15-6-10-19-18(12-15)25-26-27(19)2/h3-12H,1-2H3,(H,23,28). The molecule has 0 atom stereocenters. The van der Waals surface area contributed by atoms with Crippen molar-refractivity contribution >= 4 is 44.2 Å². The average Bonchev–Trinajstić information content (AvgIpc) is 3.31. The van der Waals surface area contributed by atoms with E-state index in [9.17, 15) is 4.79 Å². The van der Waals surface area contributed by atoms with Crippen LogP contribution in [-0.4, -0.2) is 25.9 Å². The summed E-state index contributed by atoms with van der Waals surface area (Å²) in [5.41, 5.74) is 6.12. The summed E-state index contributed by atoms with van der Waals surface area (Å²) in [6.07, 6.45) is 0. The van der Waals surface area contributed by atoms with Gasteiger partial charge in [0, 0.05) is 23.9 Å². The zero-order valence-corrected chi connectivity index (χ0v) is 16.7. The monoisotopic (exact) mass is 399 g/mol. The lowest BCUT2D eigenvalue weighted by atomic mass is 10.1. The maximum atomic E-state index is 12.6. The summed E-state index contributed by atoms with van der Waals surface area (Å²) in [6.45, 7) is 2.08. The van der Waals surface area contributed by atoms with Gasteiger partial charge in [0.2, 0.25) is 0 Å². The van der Waals surface area contributed by atoms with Crippen molar-refractivity contribution in [3.05, 3.63) is 71.8 Å². The molecule has 6 nitrogen and oxygen atoms in total. The molecule has 5 aromatic rings. The van der Waals surface area contributed by atoms with Crippen LogP contribution >= 0.6 is 11.3 Å². The molecule has 0 bridgehead atoms. The number of aryl methyl sites for hydroxylation is 2. The van der Waals surface area contributed by atoms with Gasteiger partial charge in [-0.1, -0.05) is 11.3 Å². The zero-order valence-electron chi connectivity index (χ0n) is 15.9. The van der Waals surface area contributed by atoms with Crippen LogP contribution in [0.5, 0.6) is 0 Å². The smallest absolute Gasteiger partial charge is 0.255 e. The van der Waals surface area contributed by atoms with Crippen LogP contribution in [0.25, 0.3) is 31.8 Å². The van der Waals surface area contributed by atoms with Gasteiger partial charge in [0.05, 0.1) is 15.7 Å². The van der Waals surface area contributed by atoms with E-state index in [1.54, 1.807) is 28.2 Å². The molecule has 0 fully saturated rings. The minimum Gasteiger partial charge on any atom is -0.322 e. The second kappa shape index (κ2) is 6.79. The molecule has 2 aromatic heterocycles. The fourth-order valence-electron chi connectivity index (χ4n) is 3.24. The first-order valence-corrected chi connectivity index (χ1v) is 9.97. The van der Waals surface area contributed by atoms with Crippen LogP contribution in [0.2, 0.25) is 0 Å². The molecule has 1 N–H and O–H groups in total. The second-order valence-electron chi connectivity index (χ2n) is 6.94. The van der Waals surface area contributed by atoms with Gasteiger partial charge in [0.25, 0.3) is 5.91 Å². The van der Waals surface area contributed by atoms with Crippen LogP contribution in [0.4, 0.5) is 5.69 Å². The molecule has 0 aliphatic heterocycles. The highest BCUT2D eigenvalue weighted by molar-refractivity contribution is 7.21. The van der Waals surface area contributed by atoms with Gasteiger partial charge in [0.15, 0.2) is 0 Å². The van der Waals surface area contributed by atoms with Crippen molar-refractivity contribution in [1.29, 1.82) is 0 Å². The van der Waals surface area contributed by atoms with E-state index >= 15 is 0 Å². The van der Waals surface area contributed by atoms with Crippen LogP contribution in [0, 0.1) is 6.92 Å². The molecule has 29 heavy (non-hydrogen) atoms. The summed E-state index contributed by atoms with van der Waals surface area (Å²) in [7, 11) is 1.82. The fourth-order valence-corrected chi connectivity index (χ4v) is 4.31. The van der Waals surface area contributed by atoms with E-state index in [0.717, 1.165) is 27.3 Å². The molecular formula is C22H17N5OS. The Morgan fingerprint density at radius 1 is 1.00 bits per heavy atom. The van der Waals surface area contributed by atoms with Gasteiger partial charge >= 0.3 is 0 Å². The summed E-state index contributed by atoms with van der Waals surface area (Å²) in [5, 5.41) is 11.9. The molecule has 142 valence electrons. The highest BCUT2D eigenvalue weighted by Crippen LogP contribution is 2.31. The first-order chi connectivity index (χ1) is 14.1. The Morgan fingerprint density at radius 3 is 2.66 bits per heavy atom. The van der Waals surface area contributed by atoms with Crippen molar-refractivity contribution in [1.82, 2.24) is 20.0 Å². The topological polar surface area (TPSA) is 72.7 Å². The fraction of sp³-hybridized carbons (Fsp3) is 0.0909. The largest absolute Gasteiger partial charge is 0.322 e. The van der Waals surface area contributed by atoms with Gasteiger partial charge < -0.3 is 5.32 Å². The highest BCUT2D eigenvalue weighted by atomic mass is 32.1. The maximum Gasteiger partial charge on any atom is 0.255 e. The Morgan fingerprint density at radius 2 is 1.83 bits per heavy atom. The van der Waals surface area contributed by atoms with Crippen molar-refractivity contribution in [2.75, 3.05) is 5.32 Å². The number of nitrogens with one attached hydrogen (secondary N) is 1. The van der Waals surface area contributed by atoms with E-state index < -0.39 is 0 Å². The Labute approximate surface area is 170 Å². The predicted octanol–water partition coefficient (Wildman–Crippen LogP) is 4.81. The van der Waals surface area contributed by atoms with Crippen LogP contribution in [0.1, 0.15) is 15.9 Å². The lowest BCUT2D eigenvalue weighted by Gasteiger charge is -2.06. The second-order valence-corrected chi connectivity index (χ2v) is 7.97. The van der Waals surface area contributed by atoms with E-state index in [2.05, 4.69) is 34.7 Å². The van der Waals surface area contributed by atoms with Crippen molar-refractivity contribution in [2.24, 2.45) is 7.05 Å². The number of carbonyl (C=O) groups is 1. The van der Waals surface area contributed by atoms with Crippen LogP contribution < -0.4 is 5.32 Å². The Kier molecular flexibility index (Phi) is 4.10. The van der Waals surface area contributed by atoms with E-state index in [-0.39, 0.29) is 5.91 Å². The number of anilines is 1. The van der Waals surface area contributed by atoms with Crippen molar-refractivity contribution < 1.29 is 4.79 Å². The number of carbonyl (C=O) groups excluding carboxylic acids is 1. The molecule has 0 saturated carbocycles. The predicted molar refractivity (Wildman–Crippen MR) is 116 cm³/mol. The summed E-state index contributed by atoms with van der Waals surface area (Å²) < 4.78 is 2.86. The van der Waals surface area contributed by atoms with Crippen molar-refractivity contribution in [2.45, 2.75) is 6.92 Å². The summed E-state index contributed by atoms with van der Waals surface area (Å²) >= 11 is 1.67. The number of nitrogens with zero attached hydrogens (tertiary/aromatic N) is 4. The third kappa shape index (κ3) is 3.25. The number of aromatic nitrogens is 4. The molecule has 0 aliphatic rings. The number of fused-ring (bicyclic) bond motifs is 2. The first kappa shape index (κ1) is 17.5. The minimum absolute atomic E-state index is 0.180. The molecule has 0 unspecified atom stereocenters. The number of thiazole rings is 1. The van der Waals surface area contributed by atoms with E-state index in [4.69, 9.17) is 4.98 Å². The minimum atomic E-state index is -0.180. The molecule has 2 heterocycles. The Balaban J connectivity index is 1.36. The Bertz CT molecular complexity index is 1370. The maximum absolute atomic E-state index is 12.6. The van der Waals surface area contributed by atoms with Gasteiger partial charge in [-0.15, -0.1) is 16.4 Å². The summed E-state index contributed by atoms with van der Waals surface area (Å²) in [5.74, 6) is -0.180. The molecule has 3 aromatic carbocycles. The van der Waals surface area contributed by atoms with Gasteiger partial charge in [-0.25, -0.2) is 9.67 Å². The van der Waals surface area contributed by atoms with Gasteiger partial charge in [-0.05, 0) is 67.1 Å². The lowest BCUT2D eigenvalue weighted by Crippen LogP contribution is -2.11. The molecule has 0 saturated heterocycles. The lowest BCUT2D eigenvalue weighted by molar-refractivity contribution is 0.102. The molecule has 1 amide bonds. The van der Waals surface area contributed by atoms with Crippen LogP contribution in [0.3, 0.4) is 0 Å². The zero-order chi connectivity index (χ0) is 20.0. The quantitative estimate of drug-likeness (QED) is 0.473. The van der Waals surface area contributed by atoms with Gasteiger partial charge in [0.1, 0.15) is 10.5 Å². The molecule has 0 radical (unpaired) electrons. The Hall–Kier alpha value is -3.58. The third-order valence-electron chi connectivity index (χ3n) is 4.81. The van der Waals surface area contributed by atoms with E-state index in [1.807, 2.05) is 43.4 Å². The number of rotatable bonds is 3. The number of hydrogen-bond donors (Lipinski definition) is 1. The van der Waals surface area contributed by atoms with E-state index in [1.165, 1.54) is 10.3 Å². The number of amides is 1. The van der Waals surface area contributed by atoms with Crippen molar-refractivity contribution in [3.63, 3.8) is 0 Å². The summed E-state index contributed by atoms with van der Waals surface area (Å²) in [6, 6.07) is 19.4. The normalized spacial score (nSPS) is 11.2. The van der Waals surface area contributed by atoms with Crippen LogP contribution in [0.15, 0.2) is 60.7 Å². The highest BCUT2D eigenvalue weighted by Gasteiger charge is 2.11. The summed E-state index contributed by atoms with van der Waals surface area (Å²) in [4.78, 5) is 17.3. The molecule has 7 heteroatoms. The average molecular weight is 399 g/mol. The molecule has 0 aliphatic carbocycles. The SMILES string of the molecule is Cc1ccc2nc(-c3ccc(NC(=O)c4ccc5c(c4)nnn5C)cc3)sc2c1. The van der Waals surface area contributed by atoms with E-state index in [0.29, 0.717) is 11.1 Å². The molecular weight excluding hydrogens is 382 g/mol. The van der Waals surface area contributed by atoms with Crippen molar-refractivity contribution in [3.8, 4) is 10.6 Å². The molecule has 5 rings (SSSR count). The molecule has 0 spiro atoms. The van der Waals surface area contributed by atoms with Gasteiger partial charge in [-0.3, -0.25) is 4.79 Å².